The fourth-order valence-electron chi connectivity index (χ4n) is 3.61. The van der Waals surface area contributed by atoms with Crippen molar-refractivity contribution in [1.82, 2.24) is 15.1 Å². The first kappa shape index (κ1) is 13.1. The van der Waals surface area contributed by atoms with Crippen molar-refractivity contribution in [3.8, 4) is 0 Å². The van der Waals surface area contributed by atoms with Crippen LogP contribution in [-0.2, 0) is 4.79 Å². The zero-order valence-electron chi connectivity index (χ0n) is 11.8. The number of likely N-dealkylation sites (N-methyl/N-ethyl adjacent to an activating group) is 1. The summed E-state index contributed by atoms with van der Waals surface area (Å²) in [5.41, 5.74) is 2.18. The second-order valence-electron chi connectivity index (χ2n) is 6.04. The van der Waals surface area contributed by atoms with Crippen molar-refractivity contribution in [2.45, 2.75) is 18.9 Å². The van der Waals surface area contributed by atoms with E-state index in [4.69, 9.17) is 0 Å². The molecule has 2 atom stereocenters. The van der Waals surface area contributed by atoms with Gasteiger partial charge >= 0.3 is 0 Å². The maximum atomic E-state index is 12.3. The van der Waals surface area contributed by atoms with Crippen LogP contribution in [-0.4, -0.2) is 47.2 Å². The number of aromatic nitrogens is 2. The van der Waals surface area contributed by atoms with Gasteiger partial charge in [0.15, 0.2) is 0 Å². The maximum Gasteiger partial charge on any atom is 0.227 e. The molecular formula is C15H17BrN4O. The maximum absolute atomic E-state index is 12.3. The lowest BCUT2D eigenvalue weighted by atomic mass is 9.95. The smallest absolute Gasteiger partial charge is 0.227 e. The van der Waals surface area contributed by atoms with Gasteiger partial charge in [-0.3, -0.25) is 9.89 Å². The van der Waals surface area contributed by atoms with Gasteiger partial charge in [-0.1, -0.05) is 15.9 Å². The average molecular weight is 349 g/mol. The largest absolute Gasteiger partial charge is 0.368 e. The minimum Gasteiger partial charge on any atom is -0.368 e. The van der Waals surface area contributed by atoms with Crippen molar-refractivity contribution >= 4 is 38.4 Å². The first-order chi connectivity index (χ1) is 10.1. The van der Waals surface area contributed by atoms with Crippen molar-refractivity contribution in [3.05, 3.63) is 22.8 Å². The molecule has 3 fully saturated rings. The van der Waals surface area contributed by atoms with E-state index in [0.717, 1.165) is 47.0 Å². The lowest BCUT2D eigenvalue weighted by Gasteiger charge is -2.32. The molecule has 0 saturated carbocycles. The number of piperidine rings is 1. The highest BCUT2D eigenvalue weighted by molar-refractivity contribution is 9.10. The number of carbonyl (C=O) groups excluding carboxylic acids is 1. The van der Waals surface area contributed by atoms with Gasteiger partial charge in [-0.2, -0.15) is 5.10 Å². The van der Waals surface area contributed by atoms with E-state index >= 15 is 0 Å². The van der Waals surface area contributed by atoms with Gasteiger partial charge < -0.3 is 9.80 Å². The number of rotatable bonds is 1. The minimum absolute atomic E-state index is 0.120. The Hall–Kier alpha value is -1.56. The third kappa shape index (κ3) is 2.04. The van der Waals surface area contributed by atoms with Crippen molar-refractivity contribution < 1.29 is 4.79 Å². The molecular weight excluding hydrogens is 332 g/mol. The Bertz CT molecular complexity index is 713. The molecule has 0 spiro atoms. The Balaban J connectivity index is 1.79. The number of halogens is 1. The lowest BCUT2D eigenvalue weighted by molar-refractivity contribution is -0.138. The van der Waals surface area contributed by atoms with Gasteiger partial charge in [0.05, 0.1) is 17.6 Å². The molecule has 6 heteroatoms. The lowest BCUT2D eigenvalue weighted by Crippen LogP contribution is -2.45. The van der Waals surface area contributed by atoms with Gasteiger partial charge in [0, 0.05) is 41.7 Å². The number of hydrogen-bond acceptors (Lipinski definition) is 3. The number of nitrogens with zero attached hydrogens (tertiary/aromatic N) is 3. The van der Waals surface area contributed by atoms with Crippen LogP contribution >= 0.6 is 15.9 Å². The number of nitrogens with one attached hydrogen (secondary N) is 1. The molecule has 0 aliphatic carbocycles. The first-order valence-electron chi connectivity index (χ1n) is 7.28. The molecule has 21 heavy (non-hydrogen) atoms. The van der Waals surface area contributed by atoms with Crippen molar-refractivity contribution in [3.63, 3.8) is 0 Å². The van der Waals surface area contributed by atoms with Gasteiger partial charge in [0.1, 0.15) is 0 Å². The monoisotopic (exact) mass is 348 g/mol. The van der Waals surface area contributed by atoms with E-state index in [1.54, 1.807) is 0 Å². The molecule has 0 unspecified atom stereocenters. The van der Waals surface area contributed by atoms with Crippen molar-refractivity contribution in [2.24, 2.45) is 5.92 Å². The summed E-state index contributed by atoms with van der Waals surface area (Å²) in [6.45, 7) is 1.70. The van der Waals surface area contributed by atoms with Gasteiger partial charge in [-0.15, -0.1) is 0 Å². The molecule has 2 bridgehead atoms. The predicted octanol–water partition coefficient (Wildman–Crippen LogP) is 2.38. The van der Waals surface area contributed by atoms with Crippen molar-refractivity contribution in [1.29, 1.82) is 0 Å². The number of hydrogen-bond donors (Lipinski definition) is 1. The van der Waals surface area contributed by atoms with Crippen LogP contribution in [0.15, 0.2) is 22.8 Å². The van der Waals surface area contributed by atoms with Gasteiger partial charge in [0.25, 0.3) is 0 Å². The zero-order valence-corrected chi connectivity index (χ0v) is 13.4. The fourth-order valence-corrected chi connectivity index (χ4v) is 4.06. The van der Waals surface area contributed by atoms with E-state index in [0.29, 0.717) is 11.9 Å². The molecule has 1 aromatic heterocycles. The summed E-state index contributed by atoms with van der Waals surface area (Å²) in [6, 6.07) is 4.49. The molecule has 110 valence electrons. The van der Waals surface area contributed by atoms with E-state index in [1.807, 2.05) is 24.2 Å². The molecule has 4 heterocycles. The quantitative estimate of drug-likeness (QED) is 0.860. The molecule has 5 nitrogen and oxygen atoms in total. The summed E-state index contributed by atoms with van der Waals surface area (Å²) < 4.78 is 1.03. The van der Waals surface area contributed by atoms with E-state index in [9.17, 15) is 4.79 Å². The van der Waals surface area contributed by atoms with E-state index in [-0.39, 0.29) is 5.92 Å². The summed E-state index contributed by atoms with van der Waals surface area (Å²) in [7, 11) is 1.94. The summed E-state index contributed by atoms with van der Waals surface area (Å²) >= 11 is 3.57. The summed E-state index contributed by atoms with van der Waals surface area (Å²) in [5, 5.41) is 8.30. The van der Waals surface area contributed by atoms with Gasteiger partial charge in [0.2, 0.25) is 5.91 Å². The Morgan fingerprint density at radius 3 is 3.05 bits per heavy atom. The molecule has 5 rings (SSSR count). The Kier molecular flexibility index (Phi) is 2.96. The first-order valence-corrected chi connectivity index (χ1v) is 8.07. The van der Waals surface area contributed by atoms with Crippen LogP contribution in [0.4, 0.5) is 5.69 Å². The number of carbonyl (C=O) groups is 1. The van der Waals surface area contributed by atoms with Crippen LogP contribution in [0.2, 0.25) is 0 Å². The van der Waals surface area contributed by atoms with Gasteiger partial charge in [-0.25, -0.2) is 0 Å². The highest BCUT2D eigenvalue weighted by Gasteiger charge is 2.39. The average Bonchev–Trinajstić information content (AvgIpc) is 2.76. The molecule has 1 N–H and O–H groups in total. The molecule has 1 amide bonds. The Labute approximate surface area is 131 Å². The van der Waals surface area contributed by atoms with Crippen LogP contribution in [0, 0.1) is 5.92 Å². The highest BCUT2D eigenvalue weighted by atomic mass is 79.9. The van der Waals surface area contributed by atoms with Crippen LogP contribution in [0.1, 0.15) is 12.8 Å². The third-order valence-corrected chi connectivity index (χ3v) is 5.26. The molecule has 3 aliphatic rings. The topological polar surface area (TPSA) is 52.2 Å². The summed E-state index contributed by atoms with van der Waals surface area (Å²) in [6.07, 6.45) is 3.98. The molecule has 1 aromatic carbocycles. The predicted molar refractivity (Wildman–Crippen MR) is 85.3 cm³/mol. The van der Waals surface area contributed by atoms with Crippen LogP contribution in [0.5, 0.6) is 0 Å². The normalized spacial score (nSPS) is 25.7. The number of fused-ring (bicyclic) bond motifs is 5. The van der Waals surface area contributed by atoms with Crippen LogP contribution < -0.4 is 4.90 Å². The second kappa shape index (κ2) is 4.73. The zero-order chi connectivity index (χ0) is 14.6. The second-order valence-corrected chi connectivity index (χ2v) is 6.95. The Morgan fingerprint density at radius 1 is 1.33 bits per heavy atom. The third-order valence-electron chi connectivity index (χ3n) is 4.81. The van der Waals surface area contributed by atoms with Crippen LogP contribution in [0.25, 0.3) is 10.9 Å². The Morgan fingerprint density at radius 2 is 2.19 bits per heavy atom. The number of benzene rings is 1. The molecule has 3 aliphatic heterocycles. The number of H-pyrrole nitrogens is 1. The standard InChI is InChI=1S/C15H17BrN4O/c1-19-11-3-2-9(15(19)21)7-20(8-11)14-5-10(16)4-13-12(14)6-17-18-13/h4-6,9,11H,2-3,7-8H2,1H3,(H,17,18)/t9-,11+/m1/s1. The summed E-state index contributed by atoms with van der Waals surface area (Å²) in [4.78, 5) is 16.6. The molecule has 3 saturated heterocycles. The van der Waals surface area contributed by atoms with Gasteiger partial charge in [-0.05, 0) is 25.0 Å². The number of amides is 1. The fraction of sp³-hybridized carbons (Fsp3) is 0.467. The van der Waals surface area contributed by atoms with E-state index in [2.05, 4.69) is 37.1 Å². The summed E-state index contributed by atoms with van der Waals surface area (Å²) in [5.74, 6) is 0.418. The number of anilines is 1. The number of aromatic amines is 1. The van der Waals surface area contributed by atoms with Crippen molar-refractivity contribution in [2.75, 3.05) is 25.0 Å². The van der Waals surface area contributed by atoms with Crippen LogP contribution in [0.3, 0.4) is 0 Å². The van der Waals surface area contributed by atoms with E-state index < -0.39 is 0 Å². The highest BCUT2D eigenvalue weighted by Crippen LogP contribution is 2.35. The minimum atomic E-state index is 0.120. The van der Waals surface area contributed by atoms with E-state index in [1.165, 1.54) is 0 Å². The SMILES string of the molecule is CN1C(=O)[C@@H]2CC[C@H]1CN(c1cc(Br)cc3[nH]ncc13)C2. The molecule has 0 radical (unpaired) electrons. The molecule has 2 aromatic rings.